The van der Waals surface area contributed by atoms with Gasteiger partial charge in [0.1, 0.15) is 5.82 Å². The van der Waals surface area contributed by atoms with Crippen LogP contribution in [-0.4, -0.2) is 33.6 Å². The van der Waals surface area contributed by atoms with Crippen LogP contribution >= 0.6 is 0 Å². The molecule has 140 valence electrons. The van der Waals surface area contributed by atoms with Gasteiger partial charge in [-0.2, -0.15) is 0 Å². The second kappa shape index (κ2) is 6.98. The third-order valence-corrected chi connectivity index (χ3v) is 5.11. The second-order valence-electron chi connectivity index (χ2n) is 7.10. The van der Waals surface area contributed by atoms with E-state index in [4.69, 9.17) is 0 Å². The van der Waals surface area contributed by atoms with Crippen LogP contribution in [0.3, 0.4) is 0 Å². The molecular formula is C20H22FN5O. The fraction of sp³-hybridized carbons (Fsp3) is 0.350. The van der Waals surface area contributed by atoms with E-state index < -0.39 is 0 Å². The van der Waals surface area contributed by atoms with E-state index in [1.165, 1.54) is 6.07 Å². The van der Waals surface area contributed by atoms with Gasteiger partial charge in [-0.25, -0.2) is 4.39 Å². The molecule has 1 aliphatic rings. The smallest absolute Gasteiger partial charge is 0.231 e. The number of amides is 1. The largest absolute Gasteiger partial charge is 0.340 e. The van der Waals surface area contributed by atoms with Crippen molar-refractivity contribution in [1.82, 2.24) is 14.6 Å². The zero-order chi connectivity index (χ0) is 19.0. The maximum absolute atomic E-state index is 13.4. The van der Waals surface area contributed by atoms with E-state index in [1.807, 2.05) is 29.5 Å². The summed E-state index contributed by atoms with van der Waals surface area (Å²) in [6.45, 7) is 5.13. The Labute approximate surface area is 157 Å². The molecule has 1 atom stereocenters. The number of piperidine rings is 1. The number of pyridine rings is 1. The van der Waals surface area contributed by atoms with Gasteiger partial charge in [0.2, 0.25) is 11.9 Å². The van der Waals surface area contributed by atoms with Crippen LogP contribution in [0.25, 0.3) is 5.65 Å². The van der Waals surface area contributed by atoms with Gasteiger partial charge in [0, 0.05) is 24.5 Å². The molecular weight excluding hydrogens is 345 g/mol. The minimum absolute atomic E-state index is 0.0451. The lowest BCUT2D eigenvalue weighted by Crippen LogP contribution is -2.41. The van der Waals surface area contributed by atoms with Crippen LogP contribution < -0.4 is 10.2 Å². The van der Waals surface area contributed by atoms with Gasteiger partial charge in [-0.1, -0.05) is 6.07 Å². The summed E-state index contributed by atoms with van der Waals surface area (Å²) in [7, 11) is 0. The molecule has 1 N–H and O–H groups in total. The molecule has 0 saturated carbocycles. The molecule has 1 saturated heterocycles. The summed E-state index contributed by atoms with van der Waals surface area (Å²) in [4.78, 5) is 14.9. The number of benzene rings is 1. The van der Waals surface area contributed by atoms with Crippen LogP contribution in [0.5, 0.6) is 0 Å². The molecule has 1 amide bonds. The quantitative estimate of drug-likeness (QED) is 0.771. The zero-order valence-corrected chi connectivity index (χ0v) is 15.4. The third kappa shape index (κ3) is 3.37. The fourth-order valence-corrected chi connectivity index (χ4v) is 3.63. The maximum Gasteiger partial charge on any atom is 0.231 e. The maximum atomic E-state index is 13.4. The highest BCUT2D eigenvalue weighted by molar-refractivity contribution is 5.93. The molecule has 0 bridgehead atoms. The molecule has 3 aromatic rings. The number of anilines is 2. The van der Waals surface area contributed by atoms with Gasteiger partial charge in [-0.15, -0.1) is 10.2 Å². The summed E-state index contributed by atoms with van der Waals surface area (Å²) >= 11 is 0. The number of nitrogens with zero attached hydrogens (tertiary/aromatic N) is 4. The first kappa shape index (κ1) is 17.5. The monoisotopic (exact) mass is 367 g/mol. The summed E-state index contributed by atoms with van der Waals surface area (Å²) in [5.74, 6) is 0.306. The van der Waals surface area contributed by atoms with Crippen molar-refractivity contribution in [3.8, 4) is 0 Å². The lowest BCUT2D eigenvalue weighted by molar-refractivity contribution is -0.120. The van der Waals surface area contributed by atoms with Crippen molar-refractivity contribution >= 4 is 23.2 Å². The number of hydrogen-bond acceptors (Lipinski definition) is 4. The van der Waals surface area contributed by atoms with Crippen LogP contribution in [0.4, 0.5) is 16.0 Å². The molecule has 0 unspecified atom stereocenters. The molecule has 1 aromatic carbocycles. The number of aromatic nitrogens is 3. The molecule has 7 heteroatoms. The molecule has 0 radical (unpaired) electrons. The molecule has 6 nitrogen and oxygen atoms in total. The molecule has 0 spiro atoms. The van der Waals surface area contributed by atoms with E-state index in [1.54, 1.807) is 19.1 Å². The minimum Gasteiger partial charge on any atom is -0.340 e. The normalized spacial score (nSPS) is 17.3. The molecule has 0 aliphatic carbocycles. The minimum atomic E-state index is -0.272. The number of halogens is 1. The third-order valence-electron chi connectivity index (χ3n) is 5.11. The Morgan fingerprint density at radius 1 is 1.22 bits per heavy atom. The van der Waals surface area contributed by atoms with Gasteiger partial charge in [0.25, 0.3) is 0 Å². The van der Waals surface area contributed by atoms with Crippen molar-refractivity contribution < 1.29 is 9.18 Å². The number of nitrogens with one attached hydrogen (secondary N) is 1. The number of carbonyl (C=O) groups is 1. The van der Waals surface area contributed by atoms with Crippen molar-refractivity contribution in [1.29, 1.82) is 0 Å². The first-order valence-corrected chi connectivity index (χ1v) is 9.15. The summed E-state index contributed by atoms with van der Waals surface area (Å²) in [6.07, 6.45) is 1.72. The predicted octanol–water partition coefficient (Wildman–Crippen LogP) is 3.34. The summed E-state index contributed by atoms with van der Waals surface area (Å²) in [6, 6.07) is 10.5. The average Bonchev–Trinajstić information content (AvgIpc) is 3.10. The standard InChI is InChI=1S/C20H22FN5O/c1-13-11-16(8-9-17(13)21)22-19(27)15-6-4-10-25(12-15)20-24-23-18-7-3-5-14(2)26(18)20/h3,5,7-9,11,15H,4,6,10,12H2,1-2H3,(H,22,27)/t15-/m0/s1. The van der Waals surface area contributed by atoms with E-state index >= 15 is 0 Å². The van der Waals surface area contributed by atoms with E-state index in [0.29, 0.717) is 17.8 Å². The van der Waals surface area contributed by atoms with Gasteiger partial charge in [0.05, 0.1) is 5.92 Å². The summed E-state index contributed by atoms with van der Waals surface area (Å²) in [5, 5.41) is 11.5. The number of rotatable bonds is 3. The van der Waals surface area contributed by atoms with E-state index in [0.717, 1.165) is 36.7 Å². The highest BCUT2D eigenvalue weighted by Gasteiger charge is 2.28. The van der Waals surface area contributed by atoms with Crippen molar-refractivity contribution in [3.05, 3.63) is 53.5 Å². The number of carbonyl (C=O) groups excluding carboxylic acids is 1. The van der Waals surface area contributed by atoms with Crippen LogP contribution in [0, 0.1) is 25.6 Å². The first-order valence-electron chi connectivity index (χ1n) is 9.15. The Balaban J connectivity index is 1.52. The highest BCUT2D eigenvalue weighted by Crippen LogP contribution is 2.25. The molecule has 27 heavy (non-hydrogen) atoms. The predicted molar refractivity (Wildman–Crippen MR) is 102 cm³/mol. The SMILES string of the molecule is Cc1cc(NC(=O)[C@H]2CCCN(c3nnc4cccc(C)n34)C2)ccc1F. The highest BCUT2D eigenvalue weighted by atomic mass is 19.1. The molecule has 1 fully saturated rings. The topological polar surface area (TPSA) is 62.5 Å². The Bertz CT molecular complexity index is 999. The summed E-state index contributed by atoms with van der Waals surface area (Å²) in [5.41, 5.74) is 3.00. The van der Waals surface area contributed by atoms with Crippen molar-refractivity contribution in [2.24, 2.45) is 5.92 Å². The zero-order valence-electron chi connectivity index (χ0n) is 15.4. The number of aryl methyl sites for hydroxylation is 2. The van der Waals surface area contributed by atoms with Crippen LogP contribution in [0.15, 0.2) is 36.4 Å². The Morgan fingerprint density at radius 2 is 2.07 bits per heavy atom. The number of hydrogen-bond donors (Lipinski definition) is 1. The van der Waals surface area contributed by atoms with Crippen LogP contribution in [-0.2, 0) is 4.79 Å². The molecule has 1 aliphatic heterocycles. The van der Waals surface area contributed by atoms with Gasteiger partial charge < -0.3 is 10.2 Å². The summed E-state index contributed by atoms with van der Waals surface area (Å²) < 4.78 is 15.4. The second-order valence-corrected chi connectivity index (χ2v) is 7.10. The lowest BCUT2D eigenvalue weighted by atomic mass is 9.97. The van der Waals surface area contributed by atoms with Gasteiger partial charge >= 0.3 is 0 Å². The van der Waals surface area contributed by atoms with E-state index in [-0.39, 0.29) is 17.6 Å². The van der Waals surface area contributed by atoms with Crippen LogP contribution in [0.2, 0.25) is 0 Å². The van der Waals surface area contributed by atoms with Crippen LogP contribution in [0.1, 0.15) is 24.1 Å². The van der Waals surface area contributed by atoms with Crippen molar-refractivity contribution in [2.75, 3.05) is 23.3 Å². The lowest BCUT2D eigenvalue weighted by Gasteiger charge is -2.32. The van der Waals surface area contributed by atoms with Crippen molar-refractivity contribution in [3.63, 3.8) is 0 Å². The Kier molecular flexibility index (Phi) is 4.51. The Morgan fingerprint density at radius 3 is 2.89 bits per heavy atom. The fourth-order valence-electron chi connectivity index (χ4n) is 3.63. The first-order chi connectivity index (χ1) is 13.0. The number of fused-ring (bicyclic) bond motifs is 1. The molecule has 2 aromatic heterocycles. The average molecular weight is 367 g/mol. The van der Waals surface area contributed by atoms with Crippen molar-refractivity contribution in [2.45, 2.75) is 26.7 Å². The van der Waals surface area contributed by atoms with Gasteiger partial charge in [-0.3, -0.25) is 9.20 Å². The van der Waals surface area contributed by atoms with Gasteiger partial charge in [-0.05, 0) is 62.6 Å². The van der Waals surface area contributed by atoms with E-state index in [2.05, 4.69) is 20.4 Å². The Hall–Kier alpha value is -2.96. The molecule has 3 heterocycles. The van der Waals surface area contributed by atoms with E-state index in [9.17, 15) is 9.18 Å². The van der Waals surface area contributed by atoms with Gasteiger partial charge in [0.15, 0.2) is 5.65 Å². The molecule has 4 rings (SSSR count).